The van der Waals surface area contributed by atoms with E-state index in [0.29, 0.717) is 9.65 Å². The molecule has 0 aliphatic carbocycles. The van der Waals surface area contributed by atoms with Crippen molar-refractivity contribution in [2.75, 3.05) is 11.5 Å². The van der Waals surface area contributed by atoms with E-state index < -0.39 is 0 Å². The lowest BCUT2D eigenvalue weighted by atomic mass is 10.1. The van der Waals surface area contributed by atoms with Crippen LogP contribution in [-0.2, 0) is 0 Å². The standard InChI is InChI=1S/C16H32Br2S2/c1-3-5-7-9-11-15(17)13-19-20-14-16(18)12-10-8-6-4-2/h15-16H,3-14H2,1-2H3. The summed E-state index contributed by atoms with van der Waals surface area (Å²) in [6, 6.07) is 0. The monoisotopic (exact) mass is 446 g/mol. The van der Waals surface area contributed by atoms with Crippen molar-refractivity contribution in [1.29, 1.82) is 0 Å². The maximum atomic E-state index is 3.81. The molecule has 0 rings (SSSR count). The van der Waals surface area contributed by atoms with Crippen LogP contribution in [0, 0.1) is 0 Å². The third-order valence-electron chi connectivity index (χ3n) is 3.32. The highest BCUT2D eigenvalue weighted by molar-refractivity contribution is 9.10. The minimum Gasteiger partial charge on any atom is -0.0930 e. The first-order chi connectivity index (χ1) is 9.70. The van der Waals surface area contributed by atoms with Crippen LogP contribution in [-0.4, -0.2) is 21.2 Å². The van der Waals surface area contributed by atoms with Gasteiger partial charge in [0, 0.05) is 21.2 Å². The van der Waals surface area contributed by atoms with E-state index in [1.165, 1.54) is 75.7 Å². The molecule has 0 N–H and O–H groups in total. The molecule has 0 saturated heterocycles. The molecule has 0 aromatic carbocycles. The Labute approximate surface area is 152 Å². The van der Waals surface area contributed by atoms with Crippen LogP contribution in [0.5, 0.6) is 0 Å². The average Bonchev–Trinajstić information content (AvgIpc) is 2.44. The van der Waals surface area contributed by atoms with Gasteiger partial charge in [0.25, 0.3) is 0 Å². The van der Waals surface area contributed by atoms with E-state index in [2.05, 4.69) is 45.7 Å². The maximum Gasteiger partial charge on any atom is 0.0244 e. The fraction of sp³-hybridized carbons (Fsp3) is 1.00. The fourth-order valence-corrected chi connectivity index (χ4v) is 6.87. The Hall–Kier alpha value is 1.66. The third kappa shape index (κ3) is 16.0. The van der Waals surface area contributed by atoms with Crippen LogP contribution < -0.4 is 0 Å². The topological polar surface area (TPSA) is 0 Å². The molecule has 0 aromatic heterocycles. The van der Waals surface area contributed by atoms with Crippen LogP contribution in [0.2, 0.25) is 0 Å². The molecule has 0 nitrogen and oxygen atoms in total. The predicted octanol–water partition coefficient (Wildman–Crippen LogP) is 7.84. The van der Waals surface area contributed by atoms with Gasteiger partial charge < -0.3 is 0 Å². The van der Waals surface area contributed by atoms with Gasteiger partial charge in [-0.25, -0.2) is 0 Å². The minimum absolute atomic E-state index is 0.704. The lowest BCUT2D eigenvalue weighted by molar-refractivity contribution is 0.635. The molecule has 0 aliphatic heterocycles. The van der Waals surface area contributed by atoms with Crippen molar-refractivity contribution in [2.24, 2.45) is 0 Å². The van der Waals surface area contributed by atoms with Gasteiger partial charge in [0.1, 0.15) is 0 Å². The Morgan fingerprint density at radius 3 is 1.40 bits per heavy atom. The van der Waals surface area contributed by atoms with Gasteiger partial charge in [-0.15, -0.1) is 0 Å². The molecule has 2 atom stereocenters. The van der Waals surface area contributed by atoms with E-state index in [0.717, 1.165) is 0 Å². The molecule has 0 spiro atoms. The molecule has 0 amide bonds. The maximum absolute atomic E-state index is 3.81. The molecule has 0 saturated carbocycles. The third-order valence-corrected chi connectivity index (χ3v) is 8.30. The van der Waals surface area contributed by atoms with Crippen LogP contribution in [0.15, 0.2) is 0 Å². The zero-order chi connectivity index (χ0) is 15.1. The van der Waals surface area contributed by atoms with Crippen molar-refractivity contribution in [3.63, 3.8) is 0 Å². The number of alkyl halides is 2. The van der Waals surface area contributed by atoms with Crippen molar-refractivity contribution >= 4 is 53.4 Å². The number of hydrogen-bond donors (Lipinski definition) is 0. The first-order valence-electron chi connectivity index (χ1n) is 8.23. The van der Waals surface area contributed by atoms with Crippen molar-refractivity contribution in [1.82, 2.24) is 0 Å². The first-order valence-corrected chi connectivity index (χ1v) is 12.5. The number of rotatable bonds is 15. The summed E-state index contributed by atoms with van der Waals surface area (Å²) in [6.45, 7) is 4.55. The van der Waals surface area contributed by atoms with E-state index >= 15 is 0 Å². The normalized spacial score (nSPS) is 14.4. The van der Waals surface area contributed by atoms with E-state index in [1.807, 2.05) is 21.6 Å². The molecular formula is C16H32Br2S2. The van der Waals surface area contributed by atoms with Crippen molar-refractivity contribution in [3.8, 4) is 0 Å². The molecule has 0 aromatic rings. The molecule has 20 heavy (non-hydrogen) atoms. The van der Waals surface area contributed by atoms with E-state index in [9.17, 15) is 0 Å². The van der Waals surface area contributed by atoms with Gasteiger partial charge in [-0.05, 0) is 12.8 Å². The van der Waals surface area contributed by atoms with Crippen LogP contribution in [0.25, 0.3) is 0 Å². The molecule has 0 bridgehead atoms. The zero-order valence-electron chi connectivity index (χ0n) is 13.2. The van der Waals surface area contributed by atoms with Gasteiger partial charge in [0.15, 0.2) is 0 Å². The summed E-state index contributed by atoms with van der Waals surface area (Å²) in [6.07, 6.45) is 13.7. The van der Waals surface area contributed by atoms with Gasteiger partial charge >= 0.3 is 0 Å². The molecule has 122 valence electrons. The van der Waals surface area contributed by atoms with Gasteiger partial charge in [0.05, 0.1) is 0 Å². The Morgan fingerprint density at radius 1 is 0.650 bits per heavy atom. The Kier molecular flexibility index (Phi) is 18.4. The number of halogens is 2. The zero-order valence-corrected chi connectivity index (χ0v) is 18.0. The predicted molar refractivity (Wildman–Crippen MR) is 108 cm³/mol. The molecule has 0 heterocycles. The smallest absolute Gasteiger partial charge is 0.0244 e. The summed E-state index contributed by atoms with van der Waals surface area (Å²) in [5.41, 5.74) is 0. The lowest BCUT2D eigenvalue weighted by Crippen LogP contribution is -2.03. The average molecular weight is 448 g/mol. The molecule has 0 fully saturated rings. The van der Waals surface area contributed by atoms with Gasteiger partial charge in [-0.1, -0.05) is 119 Å². The van der Waals surface area contributed by atoms with Crippen LogP contribution in [0.1, 0.15) is 78.1 Å². The van der Waals surface area contributed by atoms with Gasteiger partial charge in [-0.3, -0.25) is 0 Å². The Morgan fingerprint density at radius 2 is 1.05 bits per heavy atom. The van der Waals surface area contributed by atoms with Crippen molar-refractivity contribution in [2.45, 2.75) is 87.7 Å². The second-order valence-electron chi connectivity index (χ2n) is 5.46. The lowest BCUT2D eigenvalue weighted by Gasteiger charge is -2.11. The summed E-state index contributed by atoms with van der Waals surface area (Å²) < 4.78 is 0. The van der Waals surface area contributed by atoms with Gasteiger partial charge in [-0.2, -0.15) is 0 Å². The van der Waals surface area contributed by atoms with E-state index in [-0.39, 0.29) is 0 Å². The number of hydrogen-bond acceptors (Lipinski definition) is 2. The van der Waals surface area contributed by atoms with Crippen LogP contribution in [0.3, 0.4) is 0 Å². The van der Waals surface area contributed by atoms with E-state index in [4.69, 9.17) is 0 Å². The minimum atomic E-state index is 0.704. The second kappa shape index (κ2) is 17.0. The largest absolute Gasteiger partial charge is 0.0930 e. The first kappa shape index (κ1) is 21.7. The highest BCUT2D eigenvalue weighted by Gasteiger charge is 2.07. The summed E-state index contributed by atoms with van der Waals surface area (Å²) in [4.78, 5) is 1.41. The van der Waals surface area contributed by atoms with Crippen LogP contribution >= 0.6 is 53.4 Å². The molecular weight excluding hydrogens is 416 g/mol. The van der Waals surface area contributed by atoms with Crippen molar-refractivity contribution < 1.29 is 0 Å². The van der Waals surface area contributed by atoms with Crippen molar-refractivity contribution in [3.05, 3.63) is 0 Å². The summed E-state index contributed by atoms with van der Waals surface area (Å²) in [5.74, 6) is 2.48. The quantitative estimate of drug-likeness (QED) is 0.142. The molecule has 0 radical (unpaired) electrons. The number of unbranched alkanes of at least 4 members (excludes halogenated alkanes) is 6. The van der Waals surface area contributed by atoms with Crippen LogP contribution in [0.4, 0.5) is 0 Å². The summed E-state index contributed by atoms with van der Waals surface area (Å²) in [5, 5.41) is 0. The Bertz CT molecular complexity index is 171. The van der Waals surface area contributed by atoms with E-state index in [1.54, 1.807) is 0 Å². The summed E-state index contributed by atoms with van der Waals surface area (Å²) >= 11 is 7.62. The molecule has 2 unspecified atom stereocenters. The molecule has 0 aliphatic rings. The summed E-state index contributed by atoms with van der Waals surface area (Å²) in [7, 11) is 4.07. The highest BCUT2D eigenvalue weighted by atomic mass is 79.9. The molecule has 4 heteroatoms. The highest BCUT2D eigenvalue weighted by Crippen LogP contribution is 2.29. The van der Waals surface area contributed by atoms with Gasteiger partial charge in [0.2, 0.25) is 0 Å². The Balaban J connectivity index is 3.28. The SMILES string of the molecule is CCCCCCC(Br)CSSCC(Br)CCCCCC. The second-order valence-corrected chi connectivity index (χ2v) is 10.6. The fourth-order valence-electron chi connectivity index (χ4n) is 2.00.